The number of carbonyl (C=O) groups excluding carboxylic acids is 1. The van der Waals surface area contributed by atoms with Crippen molar-refractivity contribution in [2.75, 3.05) is 26.3 Å². The molecule has 0 radical (unpaired) electrons. The van der Waals surface area contributed by atoms with Gasteiger partial charge in [0, 0.05) is 31.2 Å². The fourth-order valence-corrected chi connectivity index (χ4v) is 5.52. The SMILES string of the molecule is O=C(NCc1ccc(Cl)cc1)c1n[nH]c2c(CCC3CCCC3O)cc(CN3CCOCC3)cc2c1=O. The number of halogens is 1. The van der Waals surface area contributed by atoms with Crippen molar-refractivity contribution >= 4 is 28.4 Å². The predicted octanol–water partition coefficient (Wildman–Crippen LogP) is 3.43. The summed E-state index contributed by atoms with van der Waals surface area (Å²) in [6.45, 7) is 4.05. The average molecular weight is 525 g/mol. The maximum atomic E-state index is 13.5. The van der Waals surface area contributed by atoms with Crippen LogP contribution in [0.25, 0.3) is 10.9 Å². The summed E-state index contributed by atoms with van der Waals surface area (Å²) in [6.07, 6.45) is 4.26. The first kappa shape index (κ1) is 25.9. The number of fused-ring (bicyclic) bond motifs is 1. The third-order valence-corrected chi connectivity index (χ3v) is 7.77. The number of carbonyl (C=O) groups is 1. The summed E-state index contributed by atoms with van der Waals surface area (Å²) in [5.74, 6) is -0.247. The van der Waals surface area contributed by atoms with Gasteiger partial charge in [-0.15, -0.1) is 0 Å². The number of aryl methyl sites for hydroxylation is 1. The smallest absolute Gasteiger partial charge is 0.276 e. The second-order valence-corrected chi connectivity index (χ2v) is 10.5. The molecule has 1 aliphatic heterocycles. The lowest BCUT2D eigenvalue weighted by Gasteiger charge is -2.27. The first-order valence-corrected chi connectivity index (χ1v) is 13.4. The van der Waals surface area contributed by atoms with Crippen LogP contribution in [-0.4, -0.2) is 58.5 Å². The van der Waals surface area contributed by atoms with Crippen LogP contribution in [0.3, 0.4) is 0 Å². The van der Waals surface area contributed by atoms with Gasteiger partial charge in [0.05, 0.1) is 30.2 Å². The van der Waals surface area contributed by atoms with E-state index in [1.807, 2.05) is 18.2 Å². The van der Waals surface area contributed by atoms with Crippen molar-refractivity contribution < 1.29 is 14.6 Å². The number of benzene rings is 2. The molecule has 196 valence electrons. The first-order valence-electron chi connectivity index (χ1n) is 13.0. The van der Waals surface area contributed by atoms with E-state index in [2.05, 4.69) is 26.5 Å². The standard InChI is InChI=1S/C28H33ClN4O4/c29-22-8-4-18(5-9-22)16-30-28(36)26-27(35)23-15-19(17-33-10-12-37-13-11-33)14-21(25(23)31-32-26)7-6-20-2-1-3-24(20)34/h4-5,8-9,14-15,20,24,34H,1-3,6-7,10-13,16-17H2,(H,30,36)(H,31,35). The number of H-pyrrole nitrogens is 1. The molecule has 2 aromatic carbocycles. The Hall–Kier alpha value is -2.78. The number of ether oxygens (including phenoxy) is 1. The zero-order chi connectivity index (χ0) is 25.8. The van der Waals surface area contributed by atoms with E-state index in [1.54, 1.807) is 12.1 Å². The van der Waals surface area contributed by atoms with E-state index < -0.39 is 5.91 Å². The molecule has 2 heterocycles. The number of hydrogen-bond donors (Lipinski definition) is 3. The quantitative estimate of drug-likeness (QED) is 0.417. The molecule has 37 heavy (non-hydrogen) atoms. The molecule has 0 bridgehead atoms. The highest BCUT2D eigenvalue weighted by atomic mass is 35.5. The molecule has 2 aliphatic rings. The van der Waals surface area contributed by atoms with Gasteiger partial charge in [-0.2, -0.15) is 5.10 Å². The number of nitrogens with zero attached hydrogens (tertiary/aromatic N) is 2. The van der Waals surface area contributed by atoms with Gasteiger partial charge in [0.2, 0.25) is 5.43 Å². The van der Waals surface area contributed by atoms with Crippen molar-refractivity contribution in [3.05, 3.63) is 74.0 Å². The summed E-state index contributed by atoms with van der Waals surface area (Å²) >= 11 is 5.94. The van der Waals surface area contributed by atoms with Crippen LogP contribution in [0.2, 0.25) is 5.02 Å². The normalized spacial score (nSPS) is 20.4. The summed E-state index contributed by atoms with van der Waals surface area (Å²) in [7, 11) is 0. The van der Waals surface area contributed by atoms with Crippen molar-refractivity contribution in [1.82, 2.24) is 20.4 Å². The zero-order valence-electron chi connectivity index (χ0n) is 20.8. The maximum absolute atomic E-state index is 13.5. The van der Waals surface area contributed by atoms with E-state index in [-0.39, 0.29) is 29.7 Å². The van der Waals surface area contributed by atoms with Crippen molar-refractivity contribution in [2.45, 2.75) is 51.3 Å². The largest absolute Gasteiger partial charge is 0.393 e. The third kappa shape index (κ3) is 6.21. The average Bonchev–Trinajstić information content (AvgIpc) is 3.32. The Morgan fingerprint density at radius 1 is 1.16 bits per heavy atom. The minimum Gasteiger partial charge on any atom is -0.393 e. The second-order valence-electron chi connectivity index (χ2n) is 10.1. The minimum atomic E-state index is -0.521. The summed E-state index contributed by atoms with van der Waals surface area (Å²) in [6, 6.07) is 11.2. The molecule has 1 aliphatic carbocycles. The Balaban J connectivity index is 1.42. The van der Waals surface area contributed by atoms with E-state index in [1.165, 1.54) is 0 Å². The van der Waals surface area contributed by atoms with Gasteiger partial charge < -0.3 is 15.2 Å². The predicted molar refractivity (Wildman–Crippen MR) is 143 cm³/mol. The van der Waals surface area contributed by atoms with Crippen LogP contribution in [-0.2, 0) is 24.2 Å². The summed E-state index contributed by atoms with van der Waals surface area (Å²) < 4.78 is 5.48. The lowest BCUT2D eigenvalue weighted by Crippen LogP contribution is -2.35. The van der Waals surface area contributed by atoms with Crippen LogP contribution in [0.1, 0.15) is 52.9 Å². The van der Waals surface area contributed by atoms with Crippen molar-refractivity contribution in [3.8, 4) is 0 Å². The van der Waals surface area contributed by atoms with Gasteiger partial charge in [-0.05, 0) is 66.5 Å². The van der Waals surface area contributed by atoms with E-state index in [9.17, 15) is 14.7 Å². The summed E-state index contributed by atoms with van der Waals surface area (Å²) in [5.41, 5.74) is 3.03. The first-order chi connectivity index (χ1) is 18.0. The Morgan fingerprint density at radius 3 is 2.68 bits per heavy atom. The van der Waals surface area contributed by atoms with Crippen LogP contribution >= 0.6 is 11.6 Å². The maximum Gasteiger partial charge on any atom is 0.276 e. The molecule has 5 rings (SSSR count). The monoisotopic (exact) mass is 524 g/mol. The highest BCUT2D eigenvalue weighted by Crippen LogP contribution is 2.30. The lowest BCUT2D eigenvalue weighted by atomic mass is 9.94. The molecular weight excluding hydrogens is 492 g/mol. The molecule has 8 nitrogen and oxygen atoms in total. The molecule has 2 unspecified atom stereocenters. The molecule has 9 heteroatoms. The summed E-state index contributed by atoms with van der Waals surface area (Å²) in [5, 5.41) is 21.4. The Kier molecular flexibility index (Phi) is 8.20. The van der Waals surface area contributed by atoms with Crippen molar-refractivity contribution in [3.63, 3.8) is 0 Å². The number of amides is 1. The second kappa shape index (κ2) is 11.7. The molecule has 2 fully saturated rings. The molecule has 3 aromatic rings. The number of nitrogens with one attached hydrogen (secondary N) is 2. The van der Waals surface area contributed by atoms with Crippen LogP contribution in [0.4, 0.5) is 0 Å². The van der Waals surface area contributed by atoms with Gasteiger partial charge in [-0.1, -0.05) is 36.2 Å². The minimum absolute atomic E-state index is 0.151. The number of rotatable bonds is 8. The molecule has 3 N–H and O–H groups in total. The molecule has 1 aromatic heterocycles. The molecule has 0 spiro atoms. The Labute approximate surface area is 221 Å². The molecular formula is C28H33ClN4O4. The highest BCUT2D eigenvalue weighted by Gasteiger charge is 2.25. The van der Waals surface area contributed by atoms with Gasteiger partial charge in [0.15, 0.2) is 5.69 Å². The van der Waals surface area contributed by atoms with Crippen LogP contribution < -0.4 is 10.7 Å². The van der Waals surface area contributed by atoms with Gasteiger partial charge in [-0.3, -0.25) is 19.6 Å². The molecule has 1 saturated carbocycles. The third-order valence-electron chi connectivity index (χ3n) is 7.51. The topological polar surface area (TPSA) is 108 Å². The molecule has 2 atom stereocenters. The van der Waals surface area contributed by atoms with Gasteiger partial charge in [0.1, 0.15) is 0 Å². The van der Waals surface area contributed by atoms with Crippen molar-refractivity contribution in [2.24, 2.45) is 5.92 Å². The number of morpholine rings is 1. The van der Waals surface area contributed by atoms with Gasteiger partial charge in [0.25, 0.3) is 5.91 Å². The van der Waals surface area contributed by atoms with E-state index in [0.717, 1.165) is 61.9 Å². The highest BCUT2D eigenvalue weighted by molar-refractivity contribution is 6.30. The van der Waals surface area contributed by atoms with Crippen LogP contribution in [0.15, 0.2) is 41.2 Å². The van der Waals surface area contributed by atoms with Crippen LogP contribution in [0, 0.1) is 5.92 Å². The number of hydrogen-bond acceptors (Lipinski definition) is 6. The number of aromatic nitrogens is 2. The van der Waals surface area contributed by atoms with E-state index in [4.69, 9.17) is 16.3 Å². The Morgan fingerprint density at radius 2 is 1.95 bits per heavy atom. The number of aliphatic hydroxyl groups is 1. The molecule has 1 amide bonds. The number of aliphatic hydroxyl groups excluding tert-OH is 1. The zero-order valence-corrected chi connectivity index (χ0v) is 21.6. The van der Waals surface area contributed by atoms with Crippen molar-refractivity contribution in [1.29, 1.82) is 0 Å². The van der Waals surface area contributed by atoms with Gasteiger partial charge in [-0.25, -0.2) is 0 Å². The fraction of sp³-hybridized carbons (Fsp3) is 0.464. The number of aromatic amines is 1. The lowest BCUT2D eigenvalue weighted by molar-refractivity contribution is 0.0342. The van der Waals surface area contributed by atoms with E-state index >= 15 is 0 Å². The molecule has 1 saturated heterocycles. The Bertz CT molecular complexity index is 1300. The summed E-state index contributed by atoms with van der Waals surface area (Å²) in [4.78, 5) is 28.7. The van der Waals surface area contributed by atoms with Gasteiger partial charge >= 0.3 is 0 Å². The van der Waals surface area contributed by atoms with E-state index in [0.29, 0.717) is 35.7 Å². The fourth-order valence-electron chi connectivity index (χ4n) is 5.39. The van der Waals surface area contributed by atoms with Crippen LogP contribution in [0.5, 0.6) is 0 Å².